The minimum Gasteiger partial charge on any atom is -0.370 e. The summed E-state index contributed by atoms with van der Waals surface area (Å²) in [5.74, 6) is -0.130. The van der Waals surface area contributed by atoms with Crippen LogP contribution in [-0.4, -0.2) is 28.8 Å². The summed E-state index contributed by atoms with van der Waals surface area (Å²) in [4.78, 5) is 28.5. The minimum atomic E-state index is -0.353. The number of carbonyl (C=O) groups excluding carboxylic acids is 1. The summed E-state index contributed by atoms with van der Waals surface area (Å²) >= 11 is 6.25. The second kappa shape index (κ2) is 9.10. The largest absolute Gasteiger partial charge is 0.370 e. The third-order valence-corrected chi connectivity index (χ3v) is 5.76. The highest BCUT2D eigenvalue weighted by atomic mass is 35.5. The predicted octanol–water partition coefficient (Wildman–Crippen LogP) is 4.95. The van der Waals surface area contributed by atoms with Gasteiger partial charge < -0.3 is 10.2 Å². The van der Waals surface area contributed by atoms with Crippen LogP contribution in [-0.2, 0) is 6.54 Å². The summed E-state index contributed by atoms with van der Waals surface area (Å²) < 4.78 is 1.39. The lowest BCUT2D eigenvalue weighted by Gasteiger charge is -2.30. The summed E-state index contributed by atoms with van der Waals surface area (Å²) in [5.41, 5.74) is 1.67. The van der Waals surface area contributed by atoms with Crippen molar-refractivity contribution >= 4 is 39.7 Å². The Kier molecular flexibility index (Phi) is 6.28. The van der Waals surface area contributed by atoms with Crippen molar-refractivity contribution in [1.82, 2.24) is 9.78 Å². The van der Waals surface area contributed by atoms with E-state index in [9.17, 15) is 9.59 Å². The Morgan fingerprint density at radius 3 is 2.52 bits per heavy atom. The van der Waals surface area contributed by atoms with E-state index in [-0.39, 0.29) is 23.1 Å². The Morgan fingerprint density at radius 2 is 1.81 bits per heavy atom. The van der Waals surface area contributed by atoms with Crippen molar-refractivity contribution in [3.05, 3.63) is 63.5 Å². The lowest BCUT2D eigenvalue weighted by molar-refractivity contribution is 0.102. The Hall–Kier alpha value is -2.86. The Morgan fingerprint density at radius 1 is 1.10 bits per heavy atom. The average Bonchev–Trinajstić information content (AvgIpc) is 2.76. The molecule has 0 unspecified atom stereocenters. The predicted molar refractivity (Wildman–Crippen MR) is 126 cm³/mol. The number of fused-ring (bicyclic) bond motifs is 1. The molecule has 0 aliphatic carbocycles. The number of piperidine rings is 1. The van der Waals surface area contributed by atoms with Gasteiger partial charge in [0.05, 0.1) is 16.8 Å². The van der Waals surface area contributed by atoms with E-state index in [4.69, 9.17) is 11.6 Å². The van der Waals surface area contributed by atoms with Gasteiger partial charge in [0.15, 0.2) is 5.69 Å². The molecule has 4 rings (SSSR count). The van der Waals surface area contributed by atoms with Gasteiger partial charge >= 0.3 is 0 Å². The fourth-order valence-corrected chi connectivity index (χ4v) is 4.25. The van der Waals surface area contributed by atoms with Gasteiger partial charge in [0.1, 0.15) is 0 Å². The zero-order chi connectivity index (χ0) is 22.0. The molecule has 2 heterocycles. The molecule has 1 saturated heterocycles. The van der Waals surface area contributed by atoms with E-state index in [1.807, 2.05) is 32.0 Å². The Bertz CT molecular complexity index is 1170. The number of rotatable bonds is 5. The summed E-state index contributed by atoms with van der Waals surface area (Å²) in [6.07, 6.45) is 3.48. The molecule has 2 aromatic carbocycles. The highest BCUT2D eigenvalue weighted by Crippen LogP contribution is 2.31. The number of amides is 1. The minimum absolute atomic E-state index is 0.183. The molecule has 1 aliphatic rings. The van der Waals surface area contributed by atoms with Gasteiger partial charge in [-0.3, -0.25) is 9.59 Å². The first-order valence-corrected chi connectivity index (χ1v) is 11.2. The molecule has 162 valence electrons. The molecule has 31 heavy (non-hydrogen) atoms. The van der Waals surface area contributed by atoms with Crippen LogP contribution in [0.2, 0.25) is 5.02 Å². The number of hydrogen-bond donors (Lipinski definition) is 1. The molecular weight excluding hydrogens is 412 g/mol. The van der Waals surface area contributed by atoms with Crippen LogP contribution in [0.5, 0.6) is 0 Å². The fraction of sp³-hybridized carbons (Fsp3) is 0.375. The van der Waals surface area contributed by atoms with Crippen LogP contribution < -0.4 is 15.8 Å². The van der Waals surface area contributed by atoms with Gasteiger partial charge in [0.25, 0.3) is 11.5 Å². The van der Waals surface area contributed by atoms with E-state index >= 15 is 0 Å². The van der Waals surface area contributed by atoms with Crippen molar-refractivity contribution in [2.45, 2.75) is 39.7 Å². The van der Waals surface area contributed by atoms with E-state index in [0.717, 1.165) is 31.6 Å². The molecule has 0 saturated carbocycles. The first-order valence-electron chi connectivity index (χ1n) is 10.8. The summed E-state index contributed by atoms with van der Waals surface area (Å²) in [5, 5.41) is 9.05. The molecule has 0 atom stereocenters. The smallest absolute Gasteiger partial charge is 0.276 e. The molecule has 0 bridgehead atoms. The number of nitrogens with zero attached hydrogens (tertiary/aromatic N) is 3. The van der Waals surface area contributed by atoms with Gasteiger partial charge in [-0.05, 0) is 49.4 Å². The van der Waals surface area contributed by atoms with E-state index in [0.29, 0.717) is 28.0 Å². The van der Waals surface area contributed by atoms with Crippen molar-refractivity contribution in [3.63, 3.8) is 0 Å². The number of hydrogen-bond acceptors (Lipinski definition) is 4. The van der Waals surface area contributed by atoms with Crippen molar-refractivity contribution in [1.29, 1.82) is 0 Å². The van der Waals surface area contributed by atoms with Crippen LogP contribution in [0.25, 0.3) is 10.8 Å². The molecule has 1 amide bonds. The van der Waals surface area contributed by atoms with E-state index in [1.165, 1.54) is 11.1 Å². The lowest BCUT2D eigenvalue weighted by atomic mass is 10.1. The molecule has 0 radical (unpaired) electrons. The highest BCUT2D eigenvalue weighted by molar-refractivity contribution is 6.31. The van der Waals surface area contributed by atoms with Crippen molar-refractivity contribution in [2.75, 3.05) is 23.3 Å². The van der Waals surface area contributed by atoms with Crippen molar-refractivity contribution < 1.29 is 4.79 Å². The zero-order valence-electron chi connectivity index (χ0n) is 17.9. The van der Waals surface area contributed by atoms with Crippen molar-refractivity contribution in [2.24, 2.45) is 5.92 Å². The first-order chi connectivity index (χ1) is 14.9. The molecule has 1 aliphatic heterocycles. The Labute approximate surface area is 186 Å². The number of aromatic nitrogens is 2. The van der Waals surface area contributed by atoms with Crippen LogP contribution in [0.15, 0.2) is 47.3 Å². The maximum Gasteiger partial charge on any atom is 0.276 e. The van der Waals surface area contributed by atoms with Gasteiger partial charge in [0.2, 0.25) is 0 Å². The second-order valence-electron chi connectivity index (χ2n) is 8.44. The molecule has 1 fully saturated rings. The summed E-state index contributed by atoms with van der Waals surface area (Å²) in [7, 11) is 0. The zero-order valence-corrected chi connectivity index (χ0v) is 18.7. The van der Waals surface area contributed by atoms with Crippen LogP contribution >= 0.6 is 11.6 Å². The molecular formula is C24H27ClN4O2. The quantitative estimate of drug-likeness (QED) is 0.612. The van der Waals surface area contributed by atoms with E-state index < -0.39 is 0 Å². The topological polar surface area (TPSA) is 67.2 Å². The first kappa shape index (κ1) is 21.4. The lowest BCUT2D eigenvalue weighted by Crippen LogP contribution is -2.31. The third-order valence-electron chi connectivity index (χ3n) is 5.52. The monoisotopic (exact) mass is 438 g/mol. The van der Waals surface area contributed by atoms with Gasteiger partial charge in [-0.15, -0.1) is 0 Å². The number of anilines is 2. The summed E-state index contributed by atoms with van der Waals surface area (Å²) in [6.45, 7) is 6.37. The SMILES string of the molecule is CC(C)Cn1nc(C(=O)Nc2cc(Cl)ccc2N2CCCCC2)c2ccccc2c1=O. The van der Waals surface area contributed by atoms with Gasteiger partial charge in [-0.25, -0.2) is 4.68 Å². The van der Waals surface area contributed by atoms with E-state index in [1.54, 1.807) is 24.3 Å². The fourth-order valence-electron chi connectivity index (χ4n) is 4.07. The van der Waals surface area contributed by atoms with Crippen LogP contribution in [0, 0.1) is 5.92 Å². The number of benzene rings is 2. The molecule has 1 N–H and O–H groups in total. The molecule has 1 aromatic heterocycles. The standard InChI is InChI=1S/C24H27ClN4O2/c1-16(2)15-29-24(31)19-9-5-4-8-18(19)22(27-29)23(30)26-20-14-17(25)10-11-21(20)28-12-6-3-7-13-28/h4-5,8-11,14,16H,3,6-7,12-13,15H2,1-2H3,(H,26,30). The normalized spacial score (nSPS) is 14.3. The average molecular weight is 439 g/mol. The Balaban J connectivity index is 1.75. The molecule has 7 heteroatoms. The second-order valence-corrected chi connectivity index (χ2v) is 8.88. The summed E-state index contributed by atoms with van der Waals surface area (Å²) in [6, 6.07) is 12.7. The maximum atomic E-state index is 13.4. The molecule has 6 nitrogen and oxygen atoms in total. The number of carbonyl (C=O) groups is 1. The number of halogens is 1. The highest BCUT2D eigenvalue weighted by Gasteiger charge is 2.20. The van der Waals surface area contributed by atoms with Gasteiger partial charge in [-0.2, -0.15) is 5.10 Å². The van der Waals surface area contributed by atoms with Gasteiger partial charge in [-0.1, -0.05) is 43.6 Å². The van der Waals surface area contributed by atoms with Gasteiger partial charge in [0, 0.05) is 30.0 Å². The van der Waals surface area contributed by atoms with E-state index in [2.05, 4.69) is 15.3 Å². The third kappa shape index (κ3) is 4.59. The van der Waals surface area contributed by atoms with Crippen LogP contribution in [0.4, 0.5) is 11.4 Å². The number of nitrogens with one attached hydrogen (secondary N) is 1. The van der Waals surface area contributed by atoms with Crippen molar-refractivity contribution in [3.8, 4) is 0 Å². The maximum absolute atomic E-state index is 13.4. The molecule has 0 spiro atoms. The van der Waals surface area contributed by atoms with Crippen LogP contribution in [0.3, 0.4) is 0 Å². The molecule has 3 aromatic rings. The van der Waals surface area contributed by atoms with Crippen LogP contribution in [0.1, 0.15) is 43.6 Å².